The molecule has 0 amide bonds. The first-order chi connectivity index (χ1) is 19.5. The van der Waals surface area contributed by atoms with Gasteiger partial charge in [0.1, 0.15) is 23.1 Å². The van der Waals surface area contributed by atoms with Crippen LogP contribution in [0.5, 0.6) is 11.5 Å². The zero-order chi connectivity index (χ0) is 33.8. The summed E-state index contributed by atoms with van der Waals surface area (Å²) in [5.41, 5.74) is 5.54. The molecule has 0 fully saturated rings. The Morgan fingerprint density at radius 3 is 1.68 bits per heavy atom. The van der Waals surface area contributed by atoms with Crippen molar-refractivity contribution in [1.29, 1.82) is 0 Å². The van der Waals surface area contributed by atoms with Crippen LogP contribution in [-0.4, -0.2) is 59.4 Å². The van der Waals surface area contributed by atoms with Crippen molar-refractivity contribution in [2.24, 2.45) is 5.73 Å². The maximum absolute atomic E-state index is 13.3. The Hall–Kier alpha value is -1.58. The number of phenols is 2. The number of halogens is 4. The van der Waals surface area contributed by atoms with Crippen molar-refractivity contribution in [3.05, 3.63) is 64.5 Å². The van der Waals surface area contributed by atoms with Gasteiger partial charge in [-0.05, 0) is 60.5 Å². The van der Waals surface area contributed by atoms with E-state index in [0.29, 0.717) is 49.7 Å². The second kappa shape index (κ2) is 19.2. The van der Waals surface area contributed by atoms with Gasteiger partial charge < -0.3 is 37.5 Å². The van der Waals surface area contributed by atoms with Crippen molar-refractivity contribution in [3.8, 4) is 11.5 Å². The van der Waals surface area contributed by atoms with Crippen LogP contribution in [0.25, 0.3) is 0 Å². The SMILES string of the molecule is CC(C)(C)[Si](C)(C)OCCN.CC(C)(C)[Si](C)(C)OCCNCc1c(O)ccc(F)c1Cl.O=Cc1c(O)ccc(F)c1Cl.[CH3-]. The molecule has 13 heteroatoms. The van der Waals surface area contributed by atoms with Crippen LogP contribution in [0.15, 0.2) is 24.3 Å². The molecule has 2 aromatic rings. The molecule has 0 heterocycles. The third-order valence-electron chi connectivity index (χ3n) is 7.64. The first-order valence-corrected chi connectivity index (χ1v) is 20.6. The first kappa shape index (κ1) is 44.5. The molecule has 0 aromatic heterocycles. The van der Waals surface area contributed by atoms with Crippen LogP contribution in [0.1, 0.15) is 57.5 Å². The number of nitrogens with two attached hydrogens (primary N) is 1. The minimum absolute atomic E-state index is 0. The van der Waals surface area contributed by atoms with Gasteiger partial charge in [-0.3, -0.25) is 4.79 Å². The number of rotatable bonds is 10. The molecule has 2 rings (SSSR count). The molecular weight excluding hydrogens is 645 g/mol. The van der Waals surface area contributed by atoms with E-state index in [4.69, 9.17) is 42.9 Å². The number of carbonyl (C=O) groups is 1. The summed E-state index contributed by atoms with van der Waals surface area (Å²) in [6.45, 7) is 25.0. The van der Waals surface area contributed by atoms with E-state index in [1.807, 2.05) is 0 Å². The third kappa shape index (κ3) is 14.2. The number of carbonyl (C=O) groups excluding carboxylic acids is 1. The van der Waals surface area contributed by atoms with Crippen molar-refractivity contribution in [3.63, 3.8) is 0 Å². The second-order valence-electron chi connectivity index (χ2n) is 13.0. The van der Waals surface area contributed by atoms with E-state index in [0.717, 1.165) is 18.2 Å². The number of aldehydes is 1. The van der Waals surface area contributed by atoms with Crippen LogP contribution < -0.4 is 11.1 Å². The van der Waals surface area contributed by atoms with Gasteiger partial charge in [-0.25, -0.2) is 8.78 Å². The van der Waals surface area contributed by atoms with Crippen LogP contribution in [0.4, 0.5) is 8.78 Å². The molecule has 44 heavy (non-hydrogen) atoms. The topological polar surface area (TPSA) is 114 Å². The Bertz CT molecular complexity index is 1180. The van der Waals surface area contributed by atoms with E-state index in [-0.39, 0.29) is 39.6 Å². The molecule has 0 saturated heterocycles. The van der Waals surface area contributed by atoms with E-state index in [1.54, 1.807) is 0 Å². The van der Waals surface area contributed by atoms with Gasteiger partial charge in [0.2, 0.25) is 0 Å². The Balaban J connectivity index is 0. The largest absolute Gasteiger partial charge is 0.508 e. The molecule has 7 nitrogen and oxygen atoms in total. The Labute approximate surface area is 275 Å². The van der Waals surface area contributed by atoms with Gasteiger partial charge in [0.25, 0.3) is 0 Å². The summed E-state index contributed by atoms with van der Waals surface area (Å²) in [6.07, 6.45) is 0.306. The third-order valence-corrected chi connectivity index (χ3v) is 17.5. The van der Waals surface area contributed by atoms with E-state index in [1.165, 1.54) is 6.07 Å². The Morgan fingerprint density at radius 2 is 1.27 bits per heavy atom. The van der Waals surface area contributed by atoms with Crippen LogP contribution in [0.3, 0.4) is 0 Å². The van der Waals surface area contributed by atoms with E-state index < -0.39 is 28.3 Å². The highest BCUT2D eigenvalue weighted by atomic mass is 35.5. The minimum atomic E-state index is -1.74. The standard InChI is InChI=1S/C15H25ClFNO2Si.C8H21NOSi.C7H4ClFO2.CH3/c1-15(2,3)21(4,5)20-9-8-18-10-11-13(19)7-6-12(17)14(11)16;1-8(2,3)11(4,5)10-7-6-9;8-7-4(3-10)6(11)2-1-5(7)9;/h6-7,18-19H,8-10H2,1-5H3;6-7,9H2,1-5H3;1-3,11H;1H3/q;;;-1. The summed E-state index contributed by atoms with van der Waals surface area (Å²) < 4.78 is 37.7. The molecule has 2 aromatic carbocycles. The predicted octanol–water partition coefficient (Wildman–Crippen LogP) is 8.71. The summed E-state index contributed by atoms with van der Waals surface area (Å²) in [6, 6.07) is 4.53. The Kier molecular flexibility index (Phi) is 19.4. The average molecular weight is 699 g/mol. The molecule has 0 aliphatic rings. The zero-order valence-corrected chi connectivity index (χ0v) is 31.6. The molecule has 0 aliphatic heterocycles. The van der Waals surface area contributed by atoms with Gasteiger partial charge in [-0.2, -0.15) is 0 Å². The van der Waals surface area contributed by atoms with Crippen molar-refractivity contribution in [2.75, 3.05) is 26.3 Å². The molecule has 0 aliphatic carbocycles. The first-order valence-electron chi connectivity index (χ1n) is 14.0. The minimum Gasteiger partial charge on any atom is -0.508 e. The smallest absolute Gasteiger partial charge is 0.192 e. The van der Waals surface area contributed by atoms with E-state index in [2.05, 4.69) is 73.0 Å². The monoisotopic (exact) mass is 697 g/mol. The van der Waals surface area contributed by atoms with Gasteiger partial charge in [0.05, 0.1) is 15.6 Å². The van der Waals surface area contributed by atoms with Crippen LogP contribution in [0, 0.1) is 19.1 Å². The number of phenolic OH excluding ortho intramolecular Hbond substituents is 2. The highest BCUT2D eigenvalue weighted by Crippen LogP contribution is 2.37. The number of hydrogen-bond acceptors (Lipinski definition) is 7. The molecule has 0 bridgehead atoms. The lowest BCUT2D eigenvalue weighted by Gasteiger charge is -2.36. The Morgan fingerprint density at radius 1 is 0.841 bits per heavy atom. The fraction of sp³-hybridized carbons (Fsp3) is 0.548. The summed E-state index contributed by atoms with van der Waals surface area (Å²) in [5, 5.41) is 21.9. The molecule has 5 N–H and O–H groups in total. The summed E-state index contributed by atoms with van der Waals surface area (Å²) in [4.78, 5) is 10.2. The van der Waals surface area contributed by atoms with Crippen LogP contribution >= 0.6 is 23.2 Å². The summed E-state index contributed by atoms with van der Waals surface area (Å²) in [5.74, 6) is -1.55. The summed E-state index contributed by atoms with van der Waals surface area (Å²) in [7, 11) is -3.25. The average Bonchev–Trinajstić information content (AvgIpc) is 2.89. The lowest BCUT2D eigenvalue weighted by molar-refractivity contribution is 0.112. The van der Waals surface area contributed by atoms with Crippen molar-refractivity contribution >= 4 is 46.1 Å². The fourth-order valence-corrected chi connectivity index (χ4v) is 5.30. The number of benzene rings is 2. The predicted molar refractivity (Wildman–Crippen MR) is 185 cm³/mol. The molecule has 0 radical (unpaired) electrons. The maximum Gasteiger partial charge on any atom is 0.192 e. The van der Waals surface area contributed by atoms with E-state index in [9.17, 15) is 18.7 Å². The van der Waals surface area contributed by atoms with Crippen LogP contribution in [0.2, 0.25) is 46.3 Å². The van der Waals surface area contributed by atoms with Crippen molar-refractivity contribution < 1.29 is 32.6 Å². The van der Waals surface area contributed by atoms with E-state index >= 15 is 0 Å². The van der Waals surface area contributed by atoms with Gasteiger partial charge in [-0.15, -0.1) is 0 Å². The maximum atomic E-state index is 13.3. The van der Waals surface area contributed by atoms with Crippen molar-refractivity contribution in [1.82, 2.24) is 5.32 Å². The number of aromatic hydroxyl groups is 2. The van der Waals surface area contributed by atoms with Gasteiger partial charge >= 0.3 is 0 Å². The normalized spacial score (nSPS) is 11.9. The van der Waals surface area contributed by atoms with Gasteiger partial charge in [-0.1, -0.05) is 64.7 Å². The highest BCUT2D eigenvalue weighted by Gasteiger charge is 2.37. The molecular formula is C31H53Cl2F2N2O5Si2-. The molecule has 0 unspecified atom stereocenters. The van der Waals surface area contributed by atoms with Crippen LogP contribution in [-0.2, 0) is 15.4 Å². The quantitative estimate of drug-likeness (QED) is 0.0850. The second-order valence-corrected chi connectivity index (χ2v) is 23.3. The molecule has 254 valence electrons. The van der Waals surface area contributed by atoms with Gasteiger partial charge in [0, 0.05) is 38.4 Å². The summed E-state index contributed by atoms with van der Waals surface area (Å²) >= 11 is 11.2. The highest BCUT2D eigenvalue weighted by molar-refractivity contribution is 6.74. The van der Waals surface area contributed by atoms with Crippen molar-refractivity contribution in [2.45, 2.75) is 84.4 Å². The molecule has 0 saturated carbocycles. The lowest BCUT2D eigenvalue weighted by atomic mass is 10.2. The molecule has 0 spiro atoms. The molecule has 0 atom stereocenters. The zero-order valence-electron chi connectivity index (χ0n) is 28.1. The number of hydrogen-bond donors (Lipinski definition) is 4. The lowest BCUT2D eigenvalue weighted by Crippen LogP contribution is -2.42. The van der Waals surface area contributed by atoms with Gasteiger partial charge in [0.15, 0.2) is 22.9 Å². The number of nitrogens with one attached hydrogen (secondary N) is 1. The fourth-order valence-electron chi connectivity index (χ4n) is 2.76.